The summed E-state index contributed by atoms with van der Waals surface area (Å²) >= 11 is 1.76. The van der Waals surface area contributed by atoms with Crippen LogP contribution < -0.4 is 26.0 Å². The van der Waals surface area contributed by atoms with Crippen molar-refractivity contribution in [2.24, 2.45) is 0 Å². The highest BCUT2D eigenvalue weighted by Gasteiger charge is 2.44. The molecule has 2 aliphatic heterocycles. The third-order valence-electron chi connectivity index (χ3n) is 13.2. The van der Waals surface area contributed by atoms with E-state index < -0.39 is 0 Å². The first-order valence-corrected chi connectivity index (χ1v) is 22.7. The summed E-state index contributed by atoms with van der Waals surface area (Å²) in [6.07, 6.45) is 0. The Morgan fingerprint density at radius 3 is 1.88 bits per heavy atom. The van der Waals surface area contributed by atoms with Gasteiger partial charge in [-0.05, 0) is 109 Å². The smallest absolute Gasteiger partial charge is 0.256 e. The van der Waals surface area contributed by atoms with Crippen molar-refractivity contribution in [3.63, 3.8) is 0 Å². The van der Waals surface area contributed by atoms with E-state index in [4.69, 9.17) is 13.3 Å². The van der Waals surface area contributed by atoms with Crippen molar-refractivity contribution in [3.05, 3.63) is 218 Å². The van der Waals surface area contributed by atoms with Crippen molar-refractivity contribution in [1.29, 1.82) is 0 Å². The minimum absolute atomic E-state index is 0.128. The molecule has 0 saturated heterocycles. The molecule has 2 aromatic heterocycles. The number of furan rings is 1. The second-order valence-corrected chi connectivity index (χ2v) is 17.9. The SMILES string of the molecule is [2H]c1c([2H])c([2H])c2c(oc3c4c(ccc32)B2c3cc5c(cc3Oc3cc(-c6ccccc6-c6ccccc6)cc(c32)N4c2cc(-c3ccccc3)cc(-c3ccccc3)c2)sc2ccccc25)c1[2H]. The second-order valence-electron chi connectivity index (χ2n) is 16.9. The molecule has 0 atom stereocenters. The number of anilines is 3. The average Bonchev–Trinajstić information content (AvgIpc) is 3.98. The van der Waals surface area contributed by atoms with Gasteiger partial charge >= 0.3 is 0 Å². The van der Waals surface area contributed by atoms with Gasteiger partial charge in [-0.2, -0.15) is 0 Å². The molecule has 12 aromatic rings. The second kappa shape index (κ2) is 14.2. The molecule has 0 radical (unpaired) electrons. The largest absolute Gasteiger partial charge is 0.458 e. The van der Waals surface area contributed by atoms with Crippen LogP contribution in [0.2, 0.25) is 0 Å². The fourth-order valence-electron chi connectivity index (χ4n) is 10.4. The van der Waals surface area contributed by atoms with Crippen molar-refractivity contribution >= 4 is 93.6 Å². The Morgan fingerprint density at radius 2 is 1.12 bits per heavy atom. The molecular weight excluding hydrogens is 810 g/mol. The van der Waals surface area contributed by atoms with Gasteiger partial charge in [0.05, 0.1) is 11.2 Å². The summed E-state index contributed by atoms with van der Waals surface area (Å²) in [6.45, 7) is -0.320. The van der Waals surface area contributed by atoms with Crippen LogP contribution in [0, 0.1) is 0 Å². The topological polar surface area (TPSA) is 25.6 Å². The summed E-state index contributed by atoms with van der Waals surface area (Å²) in [4.78, 5) is 2.30. The summed E-state index contributed by atoms with van der Waals surface area (Å²) in [5.74, 6) is 1.54. The van der Waals surface area contributed by atoms with E-state index in [-0.39, 0.29) is 36.5 Å². The zero-order valence-electron chi connectivity index (χ0n) is 38.7. The first-order valence-electron chi connectivity index (χ1n) is 23.9. The van der Waals surface area contributed by atoms with Gasteiger partial charge in [-0.3, -0.25) is 0 Å². The third kappa shape index (κ3) is 5.62. The van der Waals surface area contributed by atoms with Crippen LogP contribution in [0.3, 0.4) is 0 Å². The normalized spacial score (nSPS) is 13.5. The van der Waals surface area contributed by atoms with Gasteiger partial charge in [0, 0.05) is 42.3 Å². The lowest BCUT2D eigenvalue weighted by Crippen LogP contribution is -2.59. The van der Waals surface area contributed by atoms with E-state index in [0.717, 1.165) is 99.5 Å². The van der Waals surface area contributed by atoms with Crippen molar-refractivity contribution in [3.8, 4) is 56.0 Å². The molecule has 14 rings (SSSR count). The van der Waals surface area contributed by atoms with Crippen LogP contribution in [0.25, 0.3) is 86.6 Å². The molecule has 302 valence electrons. The lowest BCUT2D eigenvalue weighted by atomic mass is 9.34. The number of ether oxygens (including phenoxy) is 1. The van der Waals surface area contributed by atoms with Gasteiger partial charge < -0.3 is 14.1 Å². The van der Waals surface area contributed by atoms with E-state index in [2.05, 4.69) is 175 Å². The fourth-order valence-corrected chi connectivity index (χ4v) is 11.5. The molecule has 0 spiro atoms. The monoisotopic (exact) mass is 849 g/mol. The summed E-state index contributed by atoms with van der Waals surface area (Å²) in [6, 6.07) is 67.3. The molecule has 3 nitrogen and oxygen atoms in total. The maximum atomic E-state index is 9.21. The molecule has 0 fully saturated rings. The van der Waals surface area contributed by atoms with Gasteiger partial charge in [0.1, 0.15) is 17.1 Å². The Kier molecular flexibility index (Phi) is 7.11. The summed E-state index contributed by atoms with van der Waals surface area (Å²) in [5.41, 5.74) is 14.6. The summed E-state index contributed by atoms with van der Waals surface area (Å²) in [7, 11) is 0. The molecule has 5 heteroatoms. The van der Waals surface area contributed by atoms with Gasteiger partial charge in [-0.1, -0.05) is 170 Å². The molecule has 65 heavy (non-hydrogen) atoms. The molecule has 0 bridgehead atoms. The van der Waals surface area contributed by atoms with Crippen LogP contribution in [0.15, 0.2) is 223 Å². The number of para-hydroxylation sites is 1. The van der Waals surface area contributed by atoms with Crippen molar-refractivity contribution in [1.82, 2.24) is 0 Å². The standard InChI is InChI=1S/C60H36BNO2S/c1-4-16-37(17-5-1)40-30-41(38-18-6-2-7-19-38)32-43(31-40)62-52-33-42(45-23-11-10-22-44(45)39-20-8-3-9-21-39)34-55-58(52)61(50-29-28-48-46-24-12-14-26-53(46)64-60(48)59(50)62)51-35-49-47-25-13-15-27-56(47)65-57(49)36-54(51)63-55/h1-36H/i12D,14D,24D,26D. The van der Waals surface area contributed by atoms with Crippen LogP contribution >= 0.6 is 11.3 Å². The molecule has 0 N–H and O–H groups in total. The number of nitrogens with zero attached hydrogens (tertiary/aromatic N) is 1. The van der Waals surface area contributed by atoms with E-state index in [1.807, 2.05) is 24.3 Å². The van der Waals surface area contributed by atoms with E-state index in [0.29, 0.717) is 16.4 Å². The maximum absolute atomic E-state index is 9.21. The zero-order valence-corrected chi connectivity index (χ0v) is 35.5. The molecule has 4 heterocycles. The number of hydrogen-bond acceptors (Lipinski definition) is 4. The lowest BCUT2D eigenvalue weighted by Gasteiger charge is -2.40. The first-order chi connectivity index (χ1) is 33.9. The van der Waals surface area contributed by atoms with Gasteiger partial charge in [-0.15, -0.1) is 11.3 Å². The Morgan fingerprint density at radius 1 is 0.462 bits per heavy atom. The van der Waals surface area contributed by atoms with Gasteiger partial charge in [0.15, 0.2) is 5.58 Å². The third-order valence-corrected chi connectivity index (χ3v) is 14.4. The van der Waals surface area contributed by atoms with Gasteiger partial charge in [-0.25, -0.2) is 0 Å². The quantitative estimate of drug-likeness (QED) is 0.161. The Labute approximate surface area is 385 Å². The number of fused-ring (bicyclic) bond motifs is 11. The molecule has 2 aliphatic rings. The number of thiophene rings is 1. The van der Waals surface area contributed by atoms with Crippen LogP contribution in [0.5, 0.6) is 11.5 Å². The van der Waals surface area contributed by atoms with E-state index >= 15 is 0 Å². The first kappa shape index (κ1) is 32.5. The molecular formula is C60H36BNO2S. The van der Waals surface area contributed by atoms with Crippen molar-refractivity contribution in [2.75, 3.05) is 4.90 Å². The molecule has 0 aliphatic carbocycles. The van der Waals surface area contributed by atoms with E-state index in [1.165, 1.54) is 10.1 Å². The predicted octanol–water partition coefficient (Wildman–Crippen LogP) is 15.0. The van der Waals surface area contributed by atoms with Crippen LogP contribution in [-0.2, 0) is 0 Å². The summed E-state index contributed by atoms with van der Waals surface area (Å²) in [5, 5.41) is 3.33. The average molecular weight is 850 g/mol. The number of rotatable bonds is 5. The molecule has 0 unspecified atom stereocenters. The fraction of sp³-hybridized carbons (Fsp3) is 0. The lowest BCUT2D eigenvalue weighted by molar-refractivity contribution is 0.488. The number of benzene rings is 10. The maximum Gasteiger partial charge on any atom is 0.256 e. The molecule has 0 saturated carbocycles. The van der Waals surface area contributed by atoms with E-state index in [1.54, 1.807) is 11.3 Å². The molecule has 10 aromatic carbocycles. The molecule has 0 amide bonds. The van der Waals surface area contributed by atoms with Crippen LogP contribution in [-0.4, -0.2) is 6.71 Å². The minimum atomic E-state index is -0.331. The predicted molar refractivity (Wildman–Crippen MR) is 274 cm³/mol. The van der Waals surface area contributed by atoms with Crippen molar-refractivity contribution < 1.29 is 14.6 Å². The minimum Gasteiger partial charge on any atom is -0.458 e. The highest BCUT2D eigenvalue weighted by Crippen LogP contribution is 2.49. The zero-order chi connectivity index (χ0) is 46.1. The van der Waals surface area contributed by atoms with Crippen molar-refractivity contribution in [2.45, 2.75) is 0 Å². The highest BCUT2D eigenvalue weighted by atomic mass is 32.1. The number of hydrogen-bond donors (Lipinski definition) is 0. The van der Waals surface area contributed by atoms with Crippen LogP contribution in [0.1, 0.15) is 5.48 Å². The Balaban J connectivity index is 1.14. The van der Waals surface area contributed by atoms with Crippen LogP contribution in [0.4, 0.5) is 17.1 Å². The van der Waals surface area contributed by atoms with E-state index in [9.17, 15) is 1.37 Å². The van der Waals surface area contributed by atoms with Gasteiger partial charge in [0.2, 0.25) is 0 Å². The highest BCUT2D eigenvalue weighted by molar-refractivity contribution is 7.26. The van der Waals surface area contributed by atoms with Gasteiger partial charge in [0.25, 0.3) is 6.71 Å². The summed E-state index contributed by atoms with van der Waals surface area (Å²) < 4.78 is 52.4. The Hall–Kier alpha value is -8.12. The Bertz CT molecular complexity index is 4060.